The molecule has 0 spiro atoms. The minimum absolute atomic E-state index is 0.0475. The van der Waals surface area contributed by atoms with E-state index in [1.807, 2.05) is 25.1 Å². The number of carbonyl (C=O) groups excluding carboxylic acids is 4. The lowest BCUT2D eigenvalue weighted by molar-refractivity contribution is -0.138. The predicted octanol–water partition coefficient (Wildman–Crippen LogP) is 4.76. The highest BCUT2D eigenvalue weighted by Gasteiger charge is 2.75. The van der Waals surface area contributed by atoms with Crippen LogP contribution in [0.5, 0.6) is 5.75 Å². The van der Waals surface area contributed by atoms with Crippen molar-refractivity contribution in [1.82, 2.24) is 4.90 Å². The molecule has 2 saturated heterocycles. The average Bonchev–Trinajstić information content (AvgIpc) is 3.26. The molecule has 4 aliphatic rings. The normalized spacial score (nSPS) is 33.2. The summed E-state index contributed by atoms with van der Waals surface area (Å²) in [5.41, 5.74) is 4.14. The second kappa shape index (κ2) is 8.92. The number of likely N-dealkylation sites (tertiary alicyclic amines) is 1. The van der Waals surface area contributed by atoms with Crippen LogP contribution in [0.3, 0.4) is 0 Å². The number of aryl methyl sites for hydroxylation is 3. The SMILES string of the molecule is CCc1ccc(N2C(=O)C3CC=C4C(CC5(Cl)C(=O)N(C)C(=O)C5(Cl)C4c4cc(C)c(O)c(C)c4)C3C2=O)cc1. The first-order chi connectivity index (χ1) is 18.9. The standard InChI is InChI=1S/C31H30Cl2N2O5/c1-5-17-6-8-19(9-7-17)35-26(37)21-11-10-20-22(23(21)27(35)38)14-30(32)28(39)34(4)29(40)31(30,33)24(20)18-12-15(2)25(36)16(3)13-18/h6-10,12-13,21-24,36H,5,11,14H2,1-4H3. The van der Waals surface area contributed by atoms with Gasteiger partial charge in [0.1, 0.15) is 5.75 Å². The molecule has 4 amide bonds. The van der Waals surface area contributed by atoms with Crippen molar-refractivity contribution in [2.45, 2.75) is 55.7 Å². The third-order valence-electron chi connectivity index (χ3n) is 9.46. The van der Waals surface area contributed by atoms with Crippen molar-refractivity contribution in [1.29, 1.82) is 0 Å². The number of phenolic OH excluding ortho intramolecular Hbond substituents is 1. The lowest BCUT2D eigenvalue weighted by atomic mass is 9.56. The summed E-state index contributed by atoms with van der Waals surface area (Å²) >= 11 is 14.4. The summed E-state index contributed by atoms with van der Waals surface area (Å²) in [6, 6.07) is 10.9. The molecule has 2 heterocycles. The first-order valence-electron chi connectivity index (χ1n) is 13.5. The van der Waals surface area contributed by atoms with Crippen LogP contribution in [0.25, 0.3) is 0 Å². The van der Waals surface area contributed by atoms with Crippen LogP contribution < -0.4 is 4.90 Å². The number of hydrogen-bond acceptors (Lipinski definition) is 5. The smallest absolute Gasteiger partial charge is 0.253 e. The van der Waals surface area contributed by atoms with Gasteiger partial charge >= 0.3 is 0 Å². The van der Waals surface area contributed by atoms with E-state index < -0.39 is 45.2 Å². The Balaban J connectivity index is 1.51. The molecule has 2 aliphatic heterocycles. The summed E-state index contributed by atoms with van der Waals surface area (Å²) in [5.74, 6) is -4.48. The third-order valence-corrected chi connectivity index (χ3v) is 10.9. The second-order valence-corrected chi connectivity index (χ2v) is 12.8. The zero-order chi connectivity index (χ0) is 28.9. The first kappa shape index (κ1) is 27.0. The van der Waals surface area contributed by atoms with Crippen LogP contribution >= 0.6 is 23.2 Å². The molecule has 2 aromatic carbocycles. The summed E-state index contributed by atoms with van der Waals surface area (Å²) in [6.45, 7) is 5.53. The zero-order valence-electron chi connectivity index (χ0n) is 22.7. The lowest BCUT2D eigenvalue weighted by Crippen LogP contribution is -2.60. The van der Waals surface area contributed by atoms with Gasteiger partial charge in [-0.25, -0.2) is 0 Å². The number of amides is 4. The number of imide groups is 2. The predicted molar refractivity (Wildman–Crippen MR) is 151 cm³/mol. The quantitative estimate of drug-likeness (QED) is 0.321. The van der Waals surface area contributed by atoms with Gasteiger partial charge in [-0.3, -0.25) is 29.0 Å². The summed E-state index contributed by atoms with van der Waals surface area (Å²) in [5, 5.41) is 10.5. The first-order valence-corrected chi connectivity index (χ1v) is 14.3. The number of alkyl halides is 2. The summed E-state index contributed by atoms with van der Waals surface area (Å²) in [4.78, 5) is 53.5. The van der Waals surface area contributed by atoms with Crippen LogP contribution in [0.1, 0.15) is 47.9 Å². The Kier molecular flexibility index (Phi) is 6.03. The average molecular weight is 581 g/mol. The fourth-order valence-electron chi connectivity index (χ4n) is 7.41. The van der Waals surface area contributed by atoms with Gasteiger partial charge in [0.2, 0.25) is 11.8 Å². The summed E-state index contributed by atoms with van der Waals surface area (Å²) in [6.07, 6.45) is 3.00. The molecule has 40 heavy (non-hydrogen) atoms. The molecule has 7 nitrogen and oxygen atoms in total. The number of nitrogens with zero attached hydrogens (tertiary/aromatic N) is 2. The Morgan fingerprint density at radius 1 is 0.950 bits per heavy atom. The Morgan fingerprint density at radius 3 is 2.17 bits per heavy atom. The molecule has 9 heteroatoms. The zero-order valence-corrected chi connectivity index (χ0v) is 24.2. The molecular formula is C31H30Cl2N2O5. The molecule has 208 valence electrons. The number of halogens is 2. The number of allylic oxidation sites excluding steroid dienone is 2. The number of carbonyl (C=O) groups is 4. The van der Waals surface area contributed by atoms with Crippen molar-refractivity contribution in [2.75, 3.05) is 11.9 Å². The Hall–Kier alpha value is -3.16. The minimum atomic E-state index is -1.84. The van der Waals surface area contributed by atoms with Gasteiger partial charge in [0.15, 0.2) is 9.75 Å². The number of fused-ring (bicyclic) bond motifs is 4. The minimum Gasteiger partial charge on any atom is -0.507 e. The highest BCUT2D eigenvalue weighted by atomic mass is 35.5. The number of phenols is 1. The summed E-state index contributed by atoms with van der Waals surface area (Å²) in [7, 11) is 1.37. The fraction of sp³-hybridized carbons (Fsp3) is 0.419. The van der Waals surface area contributed by atoms with E-state index in [0.717, 1.165) is 22.5 Å². The van der Waals surface area contributed by atoms with Crippen LogP contribution in [-0.2, 0) is 25.6 Å². The maximum Gasteiger partial charge on any atom is 0.253 e. The second-order valence-electron chi connectivity index (χ2n) is 11.5. The van der Waals surface area contributed by atoms with Gasteiger partial charge in [-0.2, -0.15) is 0 Å². The number of rotatable bonds is 3. The molecular weight excluding hydrogens is 551 g/mol. The van der Waals surface area contributed by atoms with Crippen molar-refractivity contribution in [3.05, 3.63) is 70.3 Å². The van der Waals surface area contributed by atoms with Gasteiger partial charge in [0.05, 0.1) is 17.5 Å². The van der Waals surface area contributed by atoms with Crippen LogP contribution in [0, 0.1) is 31.6 Å². The third kappa shape index (κ3) is 3.31. The van der Waals surface area contributed by atoms with Crippen LogP contribution in [0.15, 0.2) is 48.0 Å². The molecule has 2 aliphatic carbocycles. The van der Waals surface area contributed by atoms with Crippen molar-refractivity contribution >= 4 is 52.5 Å². The highest BCUT2D eigenvalue weighted by molar-refractivity contribution is 6.53. The molecule has 6 atom stereocenters. The van der Waals surface area contributed by atoms with Gasteiger partial charge in [-0.05, 0) is 73.4 Å². The van der Waals surface area contributed by atoms with E-state index in [1.165, 1.54) is 11.9 Å². The van der Waals surface area contributed by atoms with E-state index in [9.17, 15) is 24.3 Å². The molecule has 2 aromatic rings. The number of benzene rings is 2. The van der Waals surface area contributed by atoms with Crippen molar-refractivity contribution in [3.63, 3.8) is 0 Å². The number of hydrogen-bond donors (Lipinski definition) is 1. The molecule has 1 saturated carbocycles. The van der Waals surface area contributed by atoms with E-state index in [-0.39, 0.29) is 24.0 Å². The van der Waals surface area contributed by atoms with Gasteiger partial charge in [-0.15, -0.1) is 23.2 Å². The van der Waals surface area contributed by atoms with Crippen LogP contribution in [-0.4, -0.2) is 50.4 Å². The van der Waals surface area contributed by atoms with Gasteiger partial charge in [0, 0.05) is 13.0 Å². The molecule has 0 aromatic heterocycles. The topological polar surface area (TPSA) is 95.0 Å². The van der Waals surface area contributed by atoms with Gasteiger partial charge < -0.3 is 5.11 Å². The molecule has 0 radical (unpaired) electrons. The molecule has 6 rings (SSSR count). The van der Waals surface area contributed by atoms with E-state index in [0.29, 0.717) is 28.8 Å². The van der Waals surface area contributed by atoms with E-state index in [4.69, 9.17) is 23.2 Å². The molecule has 3 fully saturated rings. The molecule has 1 N–H and O–H groups in total. The van der Waals surface area contributed by atoms with Crippen molar-refractivity contribution in [3.8, 4) is 5.75 Å². The van der Waals surface area contributed by atoms with Gasteiger partial charge in [-0.1, -0.05) is 42.8 Å². The Morgan fingerprint density at radius 2 is 1.57 bits per heavy atom. The number of aromatic hydroxyl groups is 1. The number of anilines is 1. The van der Waals surface area contributed by atoms with Crippen LogP contribution in [0.2, 0.25) is 0 Å². The maximum absolute atomic E-state index is 14.0. The van der Waals surface area contributed by atoms with Crippen molar-refractivity contribution in [2.24, 2.45) is 17.8 Å². The van der Waals surface area contributed by atoms with Crippen molar-refractivity contribution < 1.29 is 24.3 Å². The Labute approximate surface area is 242 Å². The van der Waals surface area contributed by atoms with E-state index in [2.05, 4.69) is 0 Å². The fourth-order valence-corrected chi connectivity index (χ4v) is 8.43. The highest BCUT2D eigenvalue weighted by Crippen LogP contribution is 2.65. The monoisotopic (exact) mass is 580 g/mol. The van der Waals surface area contributed by atoms with Gasteiger partial charge in [0.25, 0.3) is 11.8 Å². The maximum atomic E-state index is 14.0. The van der Waals surface area contributed by atoms with E-state index >= 15 is 0 Å². The lowest BCUT2D eigenvalue weighted by Gasteiger charge is -2.51. The Bertz CT molecular complexity index is 1510. The summed E-state index contributed by atoms with van der Waals surface area (Å²) < 4.78 is 0. The molecule has 6 unspecified atom stereocenters. The molecule has 0 bridgehead atoms. The van der Waals surface area contributed by atoms with Crippen LogP contribution in [0.4, 0.5) is 5.69 Å². The van der Waals surface area contributed by atoms with E-state index in [1.54, 1.807) is 38.1 Å². The largest absolute Gasteiger partial charge is 0.507 e.